The van der Waals surface area contributed by atoms with Crippen LogP contribution in [0.2, 0.25) is 0 Å². The summed E-state index contributed by atoms with van der Waals surface area (Å²) >= 11 is 0. The molecular formula is C17H23N3O2. The van der Waals surface area contributed by atoms with Crippen molar-refractivity contribution in [3.05, 3.63) is 29.8 Å². The Balaban J connectivity index is 1.94. The van der Waals surface area contributed by atoms with E-state index in [2.05, 4.69) is 16.7 Å². The molecular weight excluding hydrogens is 278 g/mol. The van der Waals surface area contributed by atoms with E-state index in [0.717, 1.165) is 24.8 Å². The molecule has 1 aromatic carbocycles. The highest BCUT2D eigenvalue weighted by Crippen LogP contribution is 2.26. The Morgan fingerprint density at radius 1 is 1.36 bits per heavy atom. The van der Waals surface area contributed by atoms with Gasteiger partial charge in [-0.3, -0.25) is 0 Å². The van der Waals surface area contributed by atoms with Gasteiger partial charge >= 0.3 is 6.03 Å². The standard InChI is InChI=1S/C17H23N3O2/c1-17(2,11-18)13-6-8-14(9-7-13)19-16(22)20-15-5-3-4-12(15)10-21/h6-9,12,15,21H,3-5,10H2,1-2H3,(H2,19,20,22)/t12-,15+/m1/s1. The molecule has 1 aromatic rings. The van der Waals surface area contributed by atoms with Crippen LogP contribution in [0, 0.1) is 17.2 Å². The lowest BCUT2D eigenvalue weighted by Crippen LogP contribution is -2.41. The number of benzene rings is 1. The summed E-state index contributed by atoms with van der Waals surface area (Å²) in [6.45, 7) is 3.83. The molecule has 5 nitrogen and oxygen atoms in total. The van der Waals surface area contributed by atoms with E-state index in [1.165, 1.54) is 0 Å². The fraction of sp³-hybridized carbons (Fsp3) is 0.529. The number of amides is 2. The van der Waals surface area contributed by atoms with E-state index in [1.54, 1.807) is 12.1 Å². The number of carbonyl (C=O) groups is 1. The van der Waals surface area contributed by atoms with Gasteiger partial charge in [0.15, 0.2) is 0 Å². The van der Waals surface area contributed by atoms with Gasteiger partial charge in [-0.15, -0.1) is 0 Å². The molecule has 0 heterocycles. The second-order valence-electron chi connectivity index (χ2n) is 6.39. The molecule has 1 fully saturated rings. The quantitative estimate of drug-likeness (QED) is 0.799. The number of anilines is 1. The maximum Gasteiger partial charge on any atom is 0.319 e. The average molecular weight is 301 g/mol. The molecule has 0 spiro atoms. The SMILES string of the molecule is CC(C)(C#N)c1ccc(NC(=O)N[C@H]2CCC[C@@H]2CO)cc1. The monoisotopic (exact) mass is 301 g/mol. The Hall–Kier alpha value is -2.06. The van der Waals surface area contributed by atoms with Crippen molar-refractivity contribution in [2.75, 3.05) is 11.9 Å². The van der Waals surface area contributed by atoms with Gasteiger partial charge in [0.2, 0.25) is 0 Å². The number of urea groups is 1. The third kappa shape index (κ3) is 3.77. The van der Waals surface area contributed by atoms with Crippen molar-refractivity contribution < 1.29 is 9.90 Å². The first-order valence-corrected chi connectivity index (χ1v) is 7.66. The summed E-state index contributed by atoms with van der Waals surface area (Å²) in [6.07, 6.45) is 2.90. The lowest BCUT2D eigenvalue weighted by molar-refractivity contribution is 0.203. The first kappa shape index (κ1) is 16.3. The zero-order valence-electron chi connectivity index (χ0n) is 13.1. The van der Waals surface area contributed by atoms with Crippen LogP contribution >= 0.6 is 0 Å². The highest BCUT2D eigenvalue weighted by molar-refractivity contribution is 5.89. The topological polar surface area (TPSA) is 85.2 Å². The van der Waals surface area contributed by atoms with E-state index >= 15 is 0 Å². The molecule has 2 amide bonds. The van der Waals surface area contributed by atoms with Crippen molar-refractivity contribution in [2.45, 2.75) is 44.6 Å². The minimum Gasteiger partial charge on any atom is -0.396 e. The molecule has 0 saturated heterocycles. The second kappa shape index (κ2) is 6.80. The molecule has 118 valence electrons. The summed E-state index contributed by atoms with van der Waals surface area (Å²) < 4.78 is 0. The molecule has 1 saturated carbocycles. The van der Waals surface area contributed by atoms with Crippen LogP contribution in [0.1, 0.15) is 38.7 Å². The Bertz CT molecular complexity index is 560. The molecule has 0 unspecified atom stereocenters. The molecule has 0 radical (unpaired) electrons. The molecule has 3 N–H and O–H groups in total. The third-order valence-corrected chi connectivity index (χ3v) is 4.35. The Morgan fingerprint density at radius 2 is 2.05 bits per heavy atom. The van der Waals surface area contributed by atoms with Crippen LogP contribution in [-0.4, -0.2) is 23.8 Å². The third-order valence-electron chi connectivity index (χ3n) is 4.35. The van der Waals surface area contributed by atoms with Gasteiger partial charge in [0.1, 0.15) is 0 Å². The number of nitrogens with zero attached hydrogens (tertiary/aromatic N) is 1. The van der Waals surface area contributed by atoms with Crippen LogP contribution in [0.25, 0.3) is 0 Å². The van der Waals surface area contributed by atoms with Gasteiger partial charge in [-0.25, -0.2) is 4.79 Å². The Morgan fingerprint density at radius 3 is 2.64 bits per heavy atom. The van der Waals surface area contributed by atoms with Crippen LogP contribution in [0.3, 0.4) is 0 Å². The highest BCUT2D eigenvalue weighted by Gasteiger charge is 2.27. The van der Waals surface area contributed by atoms with E-state index in [9.17, 15) is 9.90 Å². The van der Waals surface area contributed by atoms with Crippen molar-refractivity contribution in [3.63, 3.8) is 0 Å². The largest absolute Gasteiger partial charge is 0.396 e. The van der Waals surface area contributed by atoms with E-state index in [0.29, 0.717) is 5.69 Å². The number of aliphatic hydroxyl groups is 1. The Labute approximate surface area is 131 Å². The van der Waals surface area contributed by atoms with Crippen LogP contribution < -0.4 is 10.6 Å². The van der Waals surface area contributed by atoms with Gasteiger partial charge in [0.05, 0.1) is 11.5 Å². The van der Waals surface area contributed by atoms with Gasteiger partial charge < -0.3 is 15.7 Å². The first-order valence-electron chi connectivity index (χ1n) is 7.66. The van der Waals surface area contributed by atoms with Gasteiger partial charge in [-0.1, -0.05) is 18.6 Å². The van der Waals surface area contributed by atoms with Crippen molar-refractivity contribution in [1.82, 2.24) is 5.32 Å². The number of nitrogens with one attached hydrogen (secondary N) is 2. The molecule has 22 heavy (non-hydrogen) atoms. The van der Waals surface area contributed by atoms with Crippen molar-refractivity contribution in [1.29, 1.82) is 5.26 Å². The number of carbonyl (C=O) groups excluding carboxylic acids is 1. The van der Waals surface area contributed by atoms with Crippen LogP contribution in [-0.2, 0) is 5.41 Å². The number of hydrogen-bond acceptors (Lipinski definition) is 3. The fourth-order valence-corrected chi connectivity index (χ4v) is 2.82. The first-order chi connectivity index (χ1) is 10.5. The smallest absolute Gasteiger partial charge is 0.319 e. The van der Waals surface area contributed by atoms with Crippen LogP contribution in [0.15, 0.2) is 24.3 Å². The van der Waals surface area contributed by atoms with Crippen molar-refractivity contribution in [2.24, 2.45) is 5.92 Å². The predicted molar refractivity (Wildman–Crippen MR) is 85.5 cm³/mol. The van der Waals surface area contributed by atoms with Crippen molar-refractivity contribution >= 4 is 11.7 Å². The number of aliphatic hydroxyl groups excluding tert-OH is 1. The zero-order chi connectivity index (χ0) is 16.2. The predicted octanol–water partition coefficient (Wildman–Crippen LogP) is 2.77. The summed E-state index contributed by atoms with van der Waals surface area (Å²) in [5.41, 5.74) is 1.06. The number of rotatable bonds is 4. The maximum atomic E-state index is 12.0. The van der Waals surface area contributed by atoms with E-state index in [-0.39, 0.29) is 24.6 Å². The minimum absolute atomic E-state index is 0.0433. The summed E-state index contributed by atoms with van der Waals surface area (Å²) in [5, 5.41) is 24.1. The van der Waals surface area contributed by atoms with Gasteiger partial charge in [0.25, 0.3) is 0 Å². The molecule has 2 atom stereocenters. The van der Waals surface area contributed by atoms with Crippen molar-refractivity contribution in [3.8, 4) is 6.07 Å². The molecule has 2 rings (SSSR count). The van der Waals surface area contributed by atoms with Gasteiger partial charge in [-0.2, -0.15) is 5.26 Å². The summed E-state index contributed by atoms with van der Waals surface area (Å²) in [4.78, 5) is 12.0. The molecule has 0 aliphatic heterocycles. The second-order valence-corrected chi connectivity index (χ2v) is 6.39. The van der Waals surface area contributed by atoms with Gasteiger partial charge in [-0.05, 0) is 44.4 Å². The zero-order valence-corrected chi connectivity index (χ0v) is 13.1. The van der Waals surface area contributed by atoms with Crippen LogP contribution in [0.5, 0.6) is 0 Å². The molecule has 0 bridgehead atoms. The fourth-order valence-electron chi connectivity index (χ4n) is 2.82. The average Bonchev–Trinajstić information content (AvgIpc) is 2.94. The van der Waals surface area contributed by atoms with Gasteiger partial charge in [0, 0.05) is 24.3 Å². The summed E-state index contributed by atoms with van der Waals surface area (Å²) in [5.74, 6) is 0.157. The Kier molecular flexibility index (Phi) is 5.04. The van der Waals surface area contributed by atoms with E-state index in [4.69, 9.17) is 5.26 Å². The normalized spacial score (nSPS) is 21.2. The molecule has 1 aliphatic carbocycles. The lowest BCUT2D eigenvalue weighted by atomic mass is 9.86. The maximum absolute atomic E-state index is 12.0. The van der Waals surface area contributed by atoms with Crippen LogP contribution in [0.4, 0.5) is 10.5 Å². The summed E-state index contributed by atoms with van der Waals surface area (Å²) in [7, 11) is 0. The number of nitriles is 1. The molecule has 0 aromatic heterocycles. The minimum atomic E-state index is -0.543. The summed E-state index contributed by atoms with van der Waals surface area (Å²) in [6, 6.07) is 9.34. The number of hydrogen-bond donors (Lipinski definition) is 3. The van der Waals surface area contributed by atoms with E-state index < -0.39 is 5.41 Å². The molecule has 5 heteroatoms. The molecule has 1 aliphatic rings. The highest BCUT2D eigenvalue weighted by atomic mass is 16.3. The lowest BCUT2D eigenvalue weighted by Gasteiger charge is -2.20. The van der Waals surface area contributed by atoms with E-state index in [1.807, 2.05) is 26.0 Å².